The molecule has 0 aliphatic carbocycles. The maximum Gasteiger partial charge on any atom is 0.257 e. The summed E-state index contributed by atoms with van der Waals surface area (Å²) in [5, 5.41) is 2.25. The van der Waals surface area contributed by atoms with E-state index >= 15 is 0 Å². The van der Waals surface area contributed by atoms with Crippen molar-refractivity contribution in [3.63, 3.8) is 0 Å². The van der Waals surface area contributed by atoms with Gasteiger partial charge in [-0.05, 0) is 36.8 Å². The highest BCUT2D eigenvalue weighted by atomic mass is 19.1. The molecule has 0 aliphatic rings. The lowest BCUT2D eigenvalue weighted by atomic mass is 10.2. The summed E-state index contributed by atoms with van der Waals surface area (Å²) in [6.45, 7) is 3.45. The van der Waals surface area contributed by atoms with Crippen LogP contribution >= 0.6 is 0 Å². The molecule has 0 saturated carbocycles. The smallest absolute Gasteiger partial charge is 0.257 e. The maximum absolute atomic E-state index is 13.7. The third-order valence-corrected chi connectivity index (χ3v) is 4.13. The van der Waals surface area contributed by atoms with E-state index in [2.05, 4.69) is 15.2 Å². The zero-order chi connectivity index (χ0) is 19.2. The van der Waals surface area contributed by atoms with E-state index in [9.17, 15) is 13.6 Å². The van der Waals surface area contributed by atoms with E-state index in [1.807, 2.05) is 37.3 Å². The molecule has 0 spiro atoms. The van der Waals surface area contributed by atoms with Gasteiger partial charge in [-0.15, -0.1) is 0 Å². The summed E-state index contributed by atoms with van der Waals surface area (Å²) in [6, 6.07) is 16.7. The number of carbonyl (C=O) groups is 1. The minimum absolute atomic E-state index is 0.220. The van der Waals surface area contributed by atoms with Gasteiger partial charge in [0.1, 0.15) is 23.1 Å². The second-order valence-corrected chi connectivity index (χ2v) is 5.96. The van der Waals surface area contributed by atoms with Gasteiger partial charge in [0.05, 0.1) is 5.56 Å². The second-order valence-electron chi connectivity index (χ2n) is 5.96. The fourth-order valence-corrected chi connectivity index (χ4v) is 2.67. The molecule has 3 rings (SSSR count). The van der Waals surface area contributed by atoms with Crippen LogP contribution in [-0.2, 0) is 6.54 Å². The first-order valence-electron chi connectivity index (χ1n) is 8.58. The van der Waals surface area contributed by atoms with Crippen LogP contribution in [0.15, 0.2) is 66.9 Å². The number of amides is 1. The second kappa shape index (κ2) is 8.40. The summed E-state index contributed by atoms with van der Waals surface area (Å²) in [5.41, 5.74) is 0.904. The Hall–Kier alpha value is -3.28. The fraction of sp³-hybridized carbons (Fsp3) is 0.143. The molecule has 3 aromatic rings. The molecule has 1 N–H and O–H groups in total. The van der Waals surface area contributed by atoms with Crippen molar-refractivity contribution in [2.24, 2.45) is 0 Å². The Bertz CT molecular complexity index is 894. The lowest BCUT2D eigenvalue weighted by Crippen LogP contribution is -2.23. The first-order valence-corrected chi connectivity index (χ1v) is 8.58. The average Bonchev–Trinajstić information content (AvgIpc) is 2.70. The number of benzene rings is 2. The Morgan fingerprint density at radius 3 is 2.30 bits per heavy atom. The maximum atomic E-state index is 13.7. The summed E-state index contributed by atoms with van der Waals surface area (Å²) in [7, 11) is 0. The summed E-state index contributed by atoms with van der Waals surface area (Å²) in [6.07, 6.45) is 1.40. The Labute approximate surface area is 156 Å². The third-order valence-electron chi connectivity index (χ3n) is 4.13. The highest BCUT2D eigenvalue weighted by molar-refractivity contribution is 6.04. The lowest BCUT2D eigenvalue weighted by molar-refractivity contribution is 0.102. The van der Waals surface area contributed by atoms with Crippen LogP contribution in [0.2, 0.25) is 0 Å². The Morgan fingerprint density at radius 2 is 1.70 bits per heavy atom. The molecule has 27 heavy (non-hydrogen) atoms. The van der Waals surface area contributed by atoms with Gasteiger partial charge in [0.15, 0.2) is 0 Å². The minimum Gasteiger partial charge on any atom is -0.353 e. The predicted octanol–water partition coefficient (Wildman–Crippen LogP) is 4.64. The Morgan fingerprint density at radius 1 is 1.00 bits per heavy atom. The lowest BCUT2D eigenvalue weighted by Gasteiger charge is -2.22. The molecule has 1 heterocycles. The quantitative estimate of drug-likeness (QED) is 0.690. The number of halogens is 2. The van der Waals surface area contributed by atoms with E-state index in [1.54, 1.807) is 12.1 Å². The van der Waals surface area contributed by atoms with Gasteiger partial charge in [0.2, 0.25) is 0 Å². The zero-order valence-corrected chi connectivity index (χ0v) is 14.8. The molecule has 2 aromatic carbocycles. The highest BCUT2D eigenvalue weighted by Gasteiger charge is 2.14. The number of para-hydroxylation sites is 1. The summed E-state index contributed by atoms with van der Waals surface area (Å²) in [4.78, 5) is 18.7. The molecule has 1 aromatic heterocycles. The van der Waals surface area contributed by atoms with Crippen molar-refractivity contribution in [2.45, 2.75) is 13.5 Å². The van der Waals surface area contributed by atoms with Gasteiger partial charge in [-0.1, -0.05) is 36.4 Å². The van der Waals surface area contributed by atoms with Crippen molar-refractivity contribution in [3.05, 3.63) is 89.6 Å². The first-order chi connectivity index (χ1) is 13.1. The van der Waals surface area contributed by atoms with Gasteiger partial charge in [-0.25, -0.2) is 13.8 Å². The molecular weight excluding hydrogens is 348 g/mol. The average molecular weight is 367 g/mol. The van der Waals surface area contributed by atoms with Gasteiger partial charge in [-0.3, -0.25) is 4.79 Å². The molecule has 0 saturated heterocycles. The number of aromatic nitrogens is 1. The molecule has 0 aliphatic heterocycles. The van der Waals surface area contributed by atoms with E-state index in [1.165, 1.54) is 12.3 Å². The molecule has 0 fully saturated rings. The number of nitrogens with zero attached hydrogens (tertiary/aromatic N) is 2. The minimum atomic E-state index is -0.826. The van der Waals surface area contributed by atoms with E-state index < -0.39 is 23.2 Å². The molecule has 1 amide bonds. The van der Waals surface area contributed by atoms with Crippen molar-refractivity contribution in [1.82, 2.24) is 4.98 Å². The van der Waals surface area contributed by atoms with E-state index in [4.69, 9.17) is 0 Å². The van der Waals surface area contributed by atoms with Crippen molar-refractivity contribution in [1.29, 1.82) is 0 Å². The van der Waals surface area contributed by atoms with Crippen LogP contribution in [0.25, 0.3) is 0 Å². The van der Waals surface area contributed by atoms with Crippen molar-refractivity contribution in [3.8, 4) is 0 Å². The van der Waals surface area contributed by atoms with Crippen LogP contribution in [0.3, 0.4) is 0 Å². The van der Waals surface area contributed by atoms with Crippen molar-refractivity contribution in [2.75, 3.05) is 16.8 Å². The van der Waals surface area contributed by atoms with Gasteiger partial charge >= 0.3 is 0 Å². The van der Waals surface area contributed by atoms with Gasteiger partial charge < -0.3 is 10.2 Å². The normalized spacial score (nSPS) is 10.5. The van der Waals surface area contributed by atoms with Crippen LogP contribution in [0.1, 0.15) is 22.8 Å². The molecule has 0 bridgehead atoms. The zero-order valence-electron chi connectivity index (χ0n) is 14.8. The third kappa shape index (κ3) is 4.47. The summed E-state index contributed by atoms with van der Waals surface area (Å²) >= 11 is 0. The SMILES string of the molecule is CCN(Cc1ccccc1)c1ccc(C(=O)Nc2c(F)cccc2F)cn1. The molecule has 0 radical (unpaired) electrons. The number of rotatable bonds is 6. The predicted molar refractivity (Wildman–Crippen MR) is 102 cm³/mol. The van der Waals surface area contributed by atoms with E-state index in [-0.39, 0.29) is 5.56 Å². The molecule has 4 nitrogen and oxygen atoms in total. The van der Waals surface area contributed by atoms with Crippen LogP contribution in [0, 0.1) is 11.6 Å². The van der Waals surface area contributed by atoms with Crippen LogP contribution in [0.5, 0.6) is 0 Å². The number of carbonyl (C=O) groups excluding carboxylic acids is 1. The molecule has 6 heteroatoms. The Kier molecular flexibility index (Phi) is 5.76. The van der Waals surface area contributed by atoms with Gasteiger partial charge in [-0.2, -0.15) is 0 Å². The highest BCUT2D eigenvalue weighted by Crippen LogP contribution is 2.20. The summed E-state index contributed by atoms with van der Waals surface area (Å²) < 4.78 is 27.3. The van der Waals surface area contributed by atoms with Crippen LogP contribution in [-0.4, -0.2) is 17.4 Å². The largest absolute Gasteiger partial charge is 0.353 e. The molecule has 0 unspecified atom stereocenters. The van der Waals surface area contributed by atoms with E-state index in [0.717, 1.165) is 30.1 Å². The van der Waals surface area contributed by atoms with E-state index in [0.29, 0.717) is 6.54 Å². The number of anilines is 2. The van der Waals surface area contributed by atoms with Crippen molar-refractivity contribution >= 4 is 17.4 Å². The molecular formula is C21H19F2N3O. The van der Waals surface area contributed by atoms with Crippen LogP contribution < -0.4 is 10.2 Å². The molecule has 138 valence electrons. The monoisotopic (exact) mass is 367 g/mol. The topological polar surface area (TPSA) is 45.2 Å². The summed E-state index contributed by atoms with van der Waals surface area (Å²) in [5.74, 6) is -1.56. The number of hydrogen-bond donors (Lipinski definition) is 1. The number of nitrogens with one attached hydrogen (secondary N) is 1. The fourth-order valence-electron chi connectivity index (χ4n) is 2.67. The van der Waals surface area contributed by atoms with Crippen LogP contribution in [0.4, 0.5) is 20.3 Å². The van der Waals surface area contributed by atoms with Gasteiger partial charge in [0, 0.05) is 19.3 Å². The van der Waals surface area contributed by atoms with Crippen molar-refractivity contribution < 1.29 is 13.6 Å². The standard InChI is InChI=1S/C21H19F2N3O/c1-2-26(14-15-7-4-3-5-8-15)19-12-11-16(13-24-19)21(27)25-20-17(22)9-6-10-18(20)23/h3-13H,2,14H2,1H3,(H,25,27). The first kappa shape index (κ1) is 18.5. The molecule has 0 atom stereocenters. The number of hydrogen-bond acceptors (Lipinski definition) is 3. The number of pyridine rings is 1. The van der Waals surface area contributed by atoms with Gasteiger partial charge in [0.25, 0.3) is 5.91 Å². The Balaban J connectivity index is 1.73.